The van der Waals surface area contributed by atoms with Gasteiger partial charge in [-0.05, 0) is 43.2 Å². The molecule has 2 aromatic carbocycles. The zero-order valence-corrected chi connectivity index (χ0v) is 18.2. The maximum atomic E-state index is 12.9. The Labute approximate surface area is 183 Å². The van der Waals surface area contributed by atoms with Crippen molar-refractivity contribution in [3.63, 3.8) is 0 Å². The number of rotatable bonds is 6. The summed E-state index contributed by atoms with van der Waals surface area (Å²) in [5.41, 5.74) is 1.90. The highest BCUT2D eigenvalue weighted by Crippen LogP contribution is 2.29. The van der Waals surface area contributed by atoms with Gasteiger partial charge in [-0.3, -0.25) is 0 Å². The van der Waals surface area contributed by atoms with E-state index >= 15 is 0 Å². The van der Waals surface area contributed by atoms with Crippen molar-refractivity contribution in [2.45, 2.75) is 35.1 Å². The SMILES string of the molecule is O=S(=O)(c1ccc2oc(SCc3nnc(-c4ccccc4)o3)nc2c1)N1CCCCC1. The van der Waals surface area contributed by atoms with Crippen molar-refractivity contribution in [2.75, 3.05) is 13.1 Å². The second-order valence-electron chi connectivity index (χ2n) is 7.23. The summed E-state index contributed by atoms with van der Waals surface area (Å²) in [6.07, 6.45) is 2.86. The van der Waals surface area contributed by atoms with E-state index in [9.17, 15) is 8.42 Å². The highest BCUT2D eigenvalue weighted by molar-refractivity contribution is 7.98. The molecule has 5 rings (SSSR count). The summed E-state index contributed by atoms with van der Waals surface area (Å²) in [5.74, 6) is 1.31. The van der Waals surface area contributed by atoms with Gasteiger partial charge in [0.25, 0.3) is 5.22 Å². The summed E-state index contributed by atoms with van der Waals surface area (Å²) in [6, 6.07) is 14.4. The fourth-order valence-corrected chi connectivity index (χ4v) is 5.71. The molecule has 0 saturated carbocycles. The van der Waals surface area contributed by atoms with Crippen LogP contribution < -0.4 is 0 Å². The average Bonchev–Trinajstić information content (AvgIpc) is 3.45. The Morgan fingerprint density at radius 1 is 0.968 bits per heavy atom. The van der Waals surface area contributed by atoms with Crippen molar-refractivity contribution in [1.29, 1.82) is 0 Å². The Morgan fingerprint density at radius 3 is 2.58 bits per heavy atom. The van der Waals surface area contributed by atoms with Gasteiger partial charge < -0.3 is 8.83 Å². The fraction of sp³-hybridized carbons (Fsp3) is 0.286. The van der Waals surface area contributed by atoms with Crippen LogP contribution in [0, 0.1) is 0 Å². The first-order valence-corrected chi connectivity index (χ1v) is 12.4. The van der Waals surface area contributed by atoms with E-state index in [1.807, 2.05) is 30.3 Å². The lowest BCUT2D eigenvalue weighted by molar-refractivity contribution is 0.346. The molecule has 8 nitrogen and oxygen atoms in total. The molecule has 0 spiro atoms. The number of fused-ring (bicyclic) bond motifs is 1. The van der Waals surface area contributed by atoms with E-state index in [4.69, 9.17) is 8.83 Å². The van der Waals surface area contributed by atoms with Crippen LogP contribution in [0.1, 0.15) is 25.2 Å². The number of piperidine rings is 1. The van der Waals surface area contributed by atoms with Gasteiger partial charge in [0.1, 0.15) is 5.52 Å². The Kier molecular flexibility index (Phi) is 5.51. The van der Waals surface area contributed by atoms with Gasteiger partial charge in [-0.2, -0.15) is 4.31 Å². The monoisotopic (exact) mass is 456 g/mol. The molecule has 2 aromatic heterocycles. The molecule has 0 radical (unpaired) electrons. The van der Waals surface area contributed by atoms with Gasteiger partial charge in [0, 0.05) is 18.7 Å². The summed E-state index contributed by atoms with van der Waals surface area (Å²) in [5, 5.41) is 8.56. The molecule has 1 fully saturated rings. The van der Waals surface area contributed by atoms with E-state index in [0.717, 1.165) is 24.8 Å². The maximum Gasteiger partial charge on any atom is 0.257 e. The molecule has 0 N–H and O–H groups in total. The quantitative estimate of drug-likeness (QED) is 0.395. The van der Waals surface area contributed by atoms with Crippen LogP contribution >= 0.6 is 11.8 Å². The number of nitrogens with zero attached hydrogens (tertiary/aromatic N) is 4. The molecular weight excluding hydrogens is 436 g/mol. The second-order valence-corrected chi connectivity index (χ2v) is 10.1. The van der Waals surface area contributed by atoms with Crippen LogP contribution in [-0.4, -0.2) is 41.0 Å². The molecule has 0 atom stereocenters. The number of thioether (sulfide) groups is 1. The molecule has 0 aliphatic carbocycles. The van der Waals surface area contributed by atoms with E-state index in [1.54, 1.807) is 22.5 Å². The number of hydrogen-bond donors (Lipinski definition) is 0. The molecule has 10 heteroatoms. The number of sulfonamides is 1. The van der Waals surface area contributed by atoms with Crippen molar-refractivity contribution in [2.24, 2.45) is 0 Å². The Morgan fingerprint density at radius 2 is 1.77 bits per heavy atom. The van der Waals surface area contributed by atoms with Gasteiger partial charge >= 0.3 is 0 Å². The van der Waals surface area contributed by atoms with Crippen LogP contribution in [0.2, 0.25) is 0 Å². The normalized spacial score (nSPS) is 15.5. The molecule has 160 valence electrons. The van der Waals surface area contributed by atoms with Crippen molar-refractivity contribution in [1.82, 2.24) is 19.5 Å². The summed E-state index contributed by atoms with van der Waals surface area (Å²) in [6.45, 7) is 1.13. The Balaban J connectivity index is 1.31. The van der Waals surface area contributed by atoms with Crippen molar-refractivity contribution in [3.05, 3.63) is 54.4 Å². The molecule has 1 aliphatic rings. The largest absolute Gasteiger partial charge is 0.431 e. The predicted molar refractivity (Wildman–Crippen MR) is 116 cm³/mol. The Hall–Kier alpha value is -2.69. The molecule has 31 heavy (non-hydrogen) atoms. The first kappa shape index (κ1) is 20.2. The van der Waals surface area contributed by atoms with Gasteiger partial charge in [-0.25, -0.2) is 13.4 Å². The third kappa shape index (κ3) is 4.23. The van der Waals surface area contributed by atoms with Gasteiger partial charge in [0.05, 0.1) is 10.6 Å². The van der Waals surface area contributed by atoms with Crippen LogP contribution in [0.15, 0.2) is 67.5 Å². The number of benzene rings is 2. The third-order valence-corrected chi connectivity index (χ3v) is 7.81. The molecule has 1 aliphatic heterocycles. The summed E-state index contributed by atoms with van der Waals surface area (Å²) >= 11 is 1.32. The molecule has 1 saturated heterocycles. The first-order valence-electron chi connectivity index (χ1n) is 10.0. The topological polar surface area (TPSA) is 102 Å². The van der Waals surface area contributed by atoms with Gasteiger partial charge in [0.2, 0.25) is 21.8 Å². The third-order valence-electron chi connectivity index (χ3n) is 5.10. The molecular formula is C21H20N4O4S2. The van der Waals surface area contributed by atoms with Gasteiger partial charge in [-0.1, -0.05) is 36.4 Å². The van der Waals surface area contributed by atoms with Crippen molar-refractivity contribution < 1.29 is 17.3 Å². The molecule has 3 heterocycles. The van der Waals surface area contributed by atoms with Gasteiger partial charge in [-0.15, -0.1) is 10.2 Å². The first-order chi connectivity index (χ1) is 15.1. The summed E-state index contributed by atoms with van der Waals surface area (Å²) in [4.78, 5) is 4.68. The number of aromatic nitrogens is 3. The number of hydrogen-bond acceptors (Lipinski definition) is 8. The molecule has 0 bridgehead atoms. The zero-order chi connectivity index (χ0) is 21.3. The Bertz CT molecular complexity index is 1300. The second kappa shape index (κ2) is 8.45. The fourth-order valence-electron chi connectivity index (χ4n) is 3.50. The van der Waals surface area contributed by atoms with Crippen molar-refractivity contribution >= 4 is 32.9 Å². The van der Waals surface area contributed by atoms with E-state index in [2.05, 4.69) is 15.2 Å². The molecule has 4 aromatic rings. The standard InChI is InChI=1S/C21H20N4O4S2/c26-31(27,25-11-5-2-6-12-25)16-9-10-18-17(13-16)22-21(28-18)30-14-19-23-24-20(29-19)15-7-3-1-4-8-15/h1,3-4,7-10,13H,2,5-6,11-12,14H2. The maximum absolute atomic E-state index is 12.9. The average molecular weight is 457 g/mol. The summed E-state index contributed by atoms with van der Waals surface area (Å²) in [7, 11) is -3.51. The highest BCUT2D eigenvalue weighted by Gasteiger charge is 2.26. The molecule has 0 amide bonds. The molecule has 0 unspecified atom stereocenters. The minimum absolute atomic E-state index is 0.246. The summed E-state index contributed by atoms with van der Waals surface area (Å²) < 4.78 is 38.8. The lowest BCUT2D eigenvalue weighted by Gasteiger charge is -2.25. The van der Waals surface area contributed by atoms with Crippen molar-refractivity contribution in [3.8, 4) is 11.5 Å². The van der Waals surface area contributed by atoms with E-state index in [0.29, 0.717) is 46.9 Å². The van der Waals surface area contributed by atoms with Crippen LogP contribution in [0.5, 0.6) is 0 Å². The van der Waals surface area contributed by atoms with Crippen LogP contribution in [0.4, 0.5) is 0 Å². The van der Waals surface area contributed by atoms with Crippen LogP contribution in [-0.2, 0) is 15.8 Å². The van der Waals surface area contributed by atoms with E-state index < -0.39 is 10.0 Å². The minimum Gasteiger partial charge on any atom is -0.431 e. The van der Waals surface area contributed by atoms with E-state index in [-0.39, 0.29) is 4.90 Å². The highest BCUT2D eigenvalue weighted by atomic mass is 32.2. The smallest absolute Gasteiger partial charge is 0.257 e. The predicted octanol–water partition coefficient (Wildman–Crippen LogP) is 4.34. The number of oxazole rings is 1. The minimum atomic E-state index is -3.51. The lowest BCUT2D eigenvalue weighted by atomic mass is 10.2. The van der Waals surface area contributed by atoms with Crippen LogP contribution in [0.25, 0.3) is 22.6 Å². The lowest BCUT2D eigenvalue weighted by Crippen LogP contribution is -2.35. The van der Waals surface area contributed by atoms with Gasteiger partial charge in [0.15, 0.2) is 5.58 Å². The zero-order valence-electron chi connectivity index (χ0n) is 16.6. The van der Waals surface area contributed by atoms with E-state index in [1.165, 1.54) is 11.8 Å². The van der Waals surface area contributed by atoms with Crippen LogP contribution in [0.3, 0.4) is 0 Å².